The molecule has 1 atom stereocenters. The number of hydrogen-bond acceptors (Lipinski definition) is 4. The molecule has 138 valence electrons. The molecule has 2 fully saturated rings. The molecule has 0 radical (unpaired) electrons. The van der Waals surface area contributed by atoms with E-state index in [0.29, 0.717) is 17.7 Å². The van der Waals surface area contributed by atoms with Gasteiger partial charge in [-0.25, -0.2) is 0 Å². The minimum Gasteiger partial charge on any atom is -0.357 e. The molecule has 0 aromatic carbocycles. The number of nitrogens with one attached hydrogen (secondary N) is 1. The Balaban J connectivity index is 1.79. The highest BCUT2D eigenvalue weighted by atomic mass is 32.2. The summed E-state index contributed by atoms with van der Waals surface area (Å²) >= 11 is 1.85. The van der Waals surface area contributed by atoms with Gasteiger partial charge >= 0.3 is 0 Å². The summed E-state index contributed by atoms with van der Waals surface area (Å²) in [6.07, 6.45) is 4.45. The van der Waals surface area contributed by atoms with Crippen molar-refractivity contribution in [1.29, 1.82) is 0 Å². The van der Waals surface area contributed by atoms with Gasteiger partial charge in [0.05, 0.1) is 13.1 Å². The lowest BCUT2D eigenvalue weighted by molar-refractivity contribution is -0.131. The summed E-state index contributed by atoms with van der Waals surface area (Å²) in [6.45, 7) is 12.3. The van der Waals surface area contributed by atoms with Gasteiger partial charge in [-0.15, -0.1) is 0 Å². The van der Waals surface area contributed by atoms with Crippen LogP contribution in [0, 0.1) is 0 Å². The van der Waals surface area contributed by atoms with Crippen LogP contribution < -0.4 is 5.32 Å². The number of amides is 1. The summed E-state index contributed by atoms with van der Waals surface area (Å²) < 4.78 is 0. The van der Waals surface area contributed by atoms with Crippen LogP contribution in [-0.4, -0.2) is 97.0 Å². The highest BCUT2D eigenvalue weighted by Crippen LogP contribution is 2.10. The van der Waals surface area contributed by atoms with E-state index in [9.17, 15) is 4.79 Å². The number of carbonyl (C=O) groups excluding carboxylic acids is 1. The van der Waals surface area contributed by atoms with Crippen LogP contribution in [-0.2, 0) is 4.79 Å². The zero-order valence-corrected chi connectivity index (χ0v) is 16.3. The maximum atomic E-state index is 12.3. The summed E-state index contributed by atoms with van der Waals surface area (Å²) in [5, 5.41) is 3.94. The van der Waals surface area contributed by atoms with Crippen molar-refractivity contribution < 1.29 is 4.79 Å². The molecule has 0 aromatic rings. The Labute approximate surface area is 151 Å². The average Bonchev–Trinajstić information content (AvgIpc) is 3.14. The zero-order valence-electron chi connectivity index (χ0n) is 15.5. The van der Waals surface area contributed by atoms with E-state index < -0.39 is 0 Å². The fourth-order valence-electron chi connectivity index (χ4n) is 3.09. The molecular weight excluding hydrogens is 322 g/mol. The number of thioether (sulfide) groups is 1. The number of rotatable bonds is 6. The van der Waals surface area contributed by atoms with E-state index in [-0.39, 0.29) is 0 Å². The molecule has 0 aliphatic carbocycles. The molecule has 2 aliphatic heterocycles. The van der Waals surface area contributed by atoms with E-state index in [1.54, 1.807) is 0 Å². The molecule has 0 aromatic heterocycles. The monoisotopic (exact) mass is 355 g/mol. The SMILES string of the molecule is CCNC(=NCC(C)SC)N1CCN(CC(=O)N2CCCC2)CC1. The Hall–Kier alpha value is -0.950. The molecule has 0 spiro atoms. The smallest absolute Gasteiger partial charge is 0.236 e. The van der Waals surface area contributed by atoms with Crippen LogP contribution in [0.5, 0.6) is 0 Å². The summed E-state index contributed by atoms with van der Waals surface area (Å²) in [5.74, 6) is 1.32. The molecule has 7 heteroatoms. The van der Waals surface area contributed by atoms with Gasteiger partial charge in [-0.1, -0.05) is 6.92 Å². The lowest BCUT2D eigenvalue weighted by Crippen LogP contribution is -2.54. The highest BCUT2D eigenvalue weighted by Gasteiger charge is 2.24. The number of nitrogens with zero attached hydrogens (tertiary/aromatic N) is 4. The number of likely N-dealkylation sites (tertiary alicyclic amines) is 1. The lowest BCUT2D eigenvalue weighted by Gasteiger charge is -2.36. The standard InChI is InChI=1S/C17H33N5OS/c1-4-18-17(19-13-15(2)24-3)22-11-9-20(10-12-22)14-16(23)21-7-5-6-8-21/h15H,4-14H2,1-3H3,(H,18,19). The van der Waals surface area contributed by atoms with E-state index in [0.717, 1.165) is 71.2 Å². The molecular formula is C17H33N5OS. The van der Waals surface area contributed by atoms with Gasteiger partial charge in [0, 0.05) is 51.1 Å². The predicted molar refractivity (Wildman–Crippen MR) is 103 cm³/mol. The first-order valence-corrected chi connectivity index (χ1v) is 10.5. The molecule has 1 unspecified atom stereocenters. The van der Waals surface area contributed by atoms with Crippen LogP contribution in [0.4, 0.5) is 0 Å². The number of piperazine rings is 1. The fraction of sp³-hybridized carbons (Fsp3) is 0.882. The number of guanidine groups is 1. The van der Waals surface area contributed by atoms with E-state index in [4.69, 9.17) is 4.99 Å². The van der Waals surface area contributed by atoms with Crippen molar-refractivity contribution in [3.05, 3.63) is 0 Å². The van der Waals surface area contributed by atoms with Crippen molar-refractivity contribution in [2.75, 3.05) is 65.2 Å². The number of hydrogen-bond donors (Lipinski definition) is 1. The summed E-state index contributed by atoms with van der Waals surface area (Å²) in [7, 11) is 0. The fourth-order valence-corrected chi connectivity index (χ4v) is 3.31. The minimum absolute atomic E-state index is 0.301. The molecule has 0 saturated carbocycles. The second kappa shape index (κ2) is 10.1. The number of carbonyl (C=O) groups is 1. The van der Waals surface area contributed by atoms with Crippen LogP contribution >= 0.6 is 11.8 Å². The average molecular weight is 356 g/mol. The van der Waals surface area contributed by atoms with Gasteiger partial charge in [-0.3, -0.25) is 14.7 Å². The van der Waals surface area contributed by atoms with Crippen LogP contribution in [0.15, 0.2) is 4.99 Å². The summed E-state index contributed by atoms with van der Waals surface area (Å²) in [6, 6.07) is 0. The van der Waals surface area contributed by atoms with Crippen molar-refractivity contribution in [3.8, 4) is 0 Å². The van der Waals surface area contributed by atoms with Gasteiger partial charge in [0.2, 0.25) is 5.91 Å². The first kappa shape index (κ1) is 19.4. The molecule has 24 heavy (non-hydrogen) atoms. The third-order valence-electron chi connectivity index (χ3n) is 4.72. The zero-order chi connectivity index (χ0) is 17.4. The molecule has 1 N–H and O–H groups in total. The lowest BCUT2D eigenvalue weighted by atomic mass is 10.3. The van der Waals surface area contributed by atoms with E-state index in [2.05, 4.69) is 35.2 Å². The van der Waals surface area contributed by atoms with Gasteiger partial charge < -0.3 is 15.1 Å². The minimum atomic E-state index is 0.301. The van der Waals surface area contributed by atoms with Crippen molar-refractivity contribution in [3.63, 3.8) is 0 Å². The Bertz CT molecular complexity index is 417. The molecule has 0 bridgehead atoms. The maximum Gasteiger partial charge on any atom is 0.236 e. The first-order chi connectivity index (χ1) is 11.6. The van der Waals surface area contributed by atoms with Gasteiger partial charge in [-0.05, 0) is 26.0 Å². The summed E-state index contributed by atoms with van der Waals surface area (Å²) in [4.78, 5) is 23.7. The normalized spacial score (nSPS) is 21.2. The summed E-state index contributed by atoms with van der Waals surface area (Å²) in [5.41, 5.74) is 0. The quantitative estimate of drug-likeness (QED) is 0.568. The van der Waals surface area contributed by atoms with Crippen LogP contribution in [0.25, 0.3) is 0 Å². The predicted octanol–water partition coefficient (Wildman–Crippen LogP) is 0.943. The van der Waals surface area contributed by atoms with Crippen molar-refractivity contribution in [1.82, 2.24) is 20.0 Å². The molecule has 1 amide bonds. The third-order valence-corrected chi connectivity index (χ3v) is 5.68. The van der Waals surface area contributed by atoms with Crippen LogP contribution in [0.2, 0.25) is 0 Å². The van der Waals surface area contributed by atoms with Crippen molar-refractivity contribution >= 4 is 23.6 Å². The largest absolute Gasteiger partial charge is 0.357 e. The first-order valence-electron chi connectivity index (χ1n) is 9.20. The third kappa shape index (κ3) is 5.84. The van der Waals surface area contributed by atoms with Gasteiger partial charge in [-0.2, -0.15) is 11.8 Å². The topological polar surface area (TPSA) is 51.2 Å². The van der Waals surface area contributed by atoms with Crippen LogP contribution in [0.3, 0.4) is 0 Å². The second-order valence-electron chi connectivity index (χ2n) is 6.59. The molecule has 6 nitrogen and oxygen atoms in total. The molecule has 2 heterocycles. The molecule has 2 aliphatic rings. The Kier molecular flexibility index (Phi) is 8.18. The van der Waals surface area contributed by atoms with Gasteiger partial charge in [0.1, 0.15) is 0 Å². The Morgan fingerprint density at radius 1 is 1.12 bits per heavy atom. The van der Waals surface area contributed by atoms with Gasteiger partial charge in [0.15, 0.2) is 5.96 Å². The Morgan fingerprint density at radius 2 is 1.79 bits per heavy atom. The molecule has 2 rings (SSSR count). The maximum absolute atomic E-state index is 12.3. The highest BCUT2D eigenvalue weighted by molar-refractivity contribution is 7.99. The number of aliphatic imine (C=N–C) groups is 1. The van der Waals surface area contributed by atoms with E-state index >= 15 is 0 Å². The van der Waals surface area contributed by atoms with Crippen molar-refractivity contribution in [2.45, 2.75) is 31.9 Å². The van der Waals surface area contributed by atoms with Crippen LogP contribution in [0.1, 0.15) is 26.7 Å². The van der Waals surface area contributed by atoms with Gasteiger partial charge in [0.25, 0.3) is 0 Å². The molecule has 2 saturated heterocycles. The van der Waals surface area contributed by atoms with E-state index in [1.807, 2.05) is 16.7 Å². The van der Waals surface area contributed by atoms with Crippen molar-refractivity contribution in [2.24, 2.45) is 4.99 Å². The Morgan fingerprint density at radius 3 is 2.38 bits per heavy atom. The second-order valence-corrected chi connectivity index (χ2v) is 7.87. The van der Waals surface area contributed by atoms with E-state index in [1.165, 1.54) is 0 Å².